The zero-order valence-corrected chi connectivity index (χ0v) is 19.2. The SMILES string of the molecule is CC(C)(C)N/C(=N/C(=O)c1ccc(C(F)(F)F)cc1)NC(=N)/C(=C(\N)C(F)(F)F)c1ccc(F)cc1. The summed E-state index contributed by atoms with van der Waals surface area (Å²) < 4.78 is 91.9. The molecule has 0 unspecified atom stereocenters. The third kappa shape index (κ3) is 7.82. The number of hydrogen-bond acceptors (Lipinski definition) is 3. The van der Waals surface area contributed by atoms with Gasteiger partial charge >= 0.3 is 12.4 Å². The molecule has 0 aliphatic heterocycles. The molecule has 2 aromatic rings. The summed E-state index contributed by atoms with van der Waals surface area (Å²) in [6.45, 7) is 4.87. The first-order chi connectivity index (χ1) is 16.4. The van der Waals surface area contributed by atoms with Crippen LogP contribution in [0.3, 0.4) is 0 Å². The molecular weight excluding hydrogens is 495 g/mol. The van der Waals surface area contributed by atoms with Crippen LogP contribution >= 0.6 is 0 Å². The molecule has 13 heteroatoms. The van der Waals surface area contributed by atoms with Crippen molar-refractivity contribution in [2.45, 2.75) is 38.7 Å². The van der Waals surface area contributed by atoms with Crippen LogP contribution in [0.4, 0.5) is 30.7 Å². The van der Waals surface area contributed by atoms with Crippen LogP contribution in [0.1, 0.15) is 42.3 Å². The van der Waals surface area contributed by atoms with Crippen LogP contribution in [0.5, 0.6) is 0 Å². The Morgan fingerprint density at radius 3 is 1.83 bits per heavy atom. The molecule has 0 spiro atoms. The van der Waals surface area contributed by atoms with Gasteiger partial charge in [-0.15, -0.1) is 0 Å². The van der Waals surface area contributed by atoms with E-state index < -0.39 is 58.2 Å². The number of nitrogens with zero attached hydrogens (tertiary/aromatic N) is 1. The Morgan fingerprint density at radius 2 is 1.39 bits per heavy atom. The van der Waals surface area contributed by atoms with Crippen LogP contribution < -0.4 is 16.4 Å². The summed E-state index contributed by atoms with van der Waals surface area (Å²) in [5.74, 6) is -3.16. The largest absolute Gasteiger partial charge is 0.431 e. The molecule has 5 N–H and O–H groups in total. The van der Waals surface area contributed by atoms with Gasteiger partial charge in [0.05, 0.1) is 11.1 Å². The third-order valence-electron chi connectivity index (χ3n) is 4.37. The van der Waals surface area contributed by atoms with Gasteiger partial charge in [-0.05, 0) is 62.7 Å². The fourth-order valence-corrected chi connectivity index (χ4v) is 2.78. The first-order valence-corrected chi connectivity index (χ1v) is 10.2. The molecule has 0 radical (unpaired) electrons. The number of amides is 1. The van der Waals surface area contributed by atoms with Crippen LogP contribution in [-0.4, -0.2) is 29.4 Å². The number of aliphatic imine (C=N–C) groups is 1. The molecule has 0 fully saturated rings. The lowest BCUT2D eigenvalue weighted by molar-refractivity contribution is -0.137. The van der Waals surface area contributed by atoms with Crippen LogP contribution in [-0.2, 0) is 6.18 Å². The normalized spacial score (nSPS) is 13.7. The molecule has 0 aliphatic rings. The van der Waals surface area contributed by atoms with Crippen molar-refractivity contribution in [1.29, 1.82) is 5.41 Å². The smallest absolute Gasteiger partial charge is 0.394 e. The molecule has 0 aromatic heterocycles. The maximum Gasteiger partial charge on any atom is 0.431 e. The van der Waals surface area contributed by atoms with Gasteiger partial charge in [-0.2, -0.15) is 31.3 Å². The number of carbonyl (C=O) groups is 1. The highest BCUT2D eigenvalue weighted by Crippen LogP contribution is 2.30. The molecule has 1 amide bonds. The number of nitrogens with one attached hydrogen (secondary N) is 3. The van der Waals surface area contributed by atoms with Crippen LogP contribution in [0.2, 0.25) is 0 Å². The third-order valence-corrected chi connectivity index (χ3v) is 4.37. The van der Waals surface area contributed by atoms with Gasteiger partial charge in [0, 0.05) is 11.1 Å². The number of guanidine groups is 1. The number of rotatable bonds is 3. The Labute approximate surface area is 201 Å². The van der Waals surface area contributed by atoms with Crippen LogP contribution in [0.15, 0.2) is 59.2 Å². The van der Waals surface area contributed by atoms with Gasteiger partial charge < -0.3 is 16.4 Å². The predicted octanol–water partition coefficient (Wildman–Crippen LogP) is 5.23. The summed E-state index contributed by atoms with van der Waals surface area (Å²) in [4.78, 5) is 16.3. The molecule has 6 nitrogen and oxygen atoms in total. The number of allylic oxidation sites excluding steroid dienone is 1. The average molecular weight is 517 g/mol. The van der Waals surface area contributed by atoms with Gasteiger partial charge in [0.2, 0.25) is 5.96 Å². The van der Waals surface area contributed by atoms with Gasteiger partial charge in [0.25, 0.3) is 5.91 Å². The summed E-state index contributed by atoms with van der Waals surface area (Å²) in [5, 5.41) is 13.2. The molecule has 0 saturated carbocycles. The Balaban J connectivity index is 2.48. The maximum absolute atomic E-state index is 13.4. The van der Waals surface area contributed by atoms with E-state index in [0.717, 1.165) is 36.4 Å². The molecule has 0 atom stereocenters. The quantitative estimate of drug-likeness (QED) is 0.254. The second kappa shape index (κ2) is 10.4. The topological polar surface area (TPSA) is 103 Å². The predicted molar refractivity (Wildman–Crippen MR) is 121 cm³/mol. The Morgan fingerprint density at radius 1 is 0.889 bits per heavy atom. The minimum absolute atomic E-state index is 0.242. The van der Waals surface area contributed by atoms with Gasteiger partial charge in [-0.3, -0.25) is 10.2 Å². The minimum atomic E-state index is -5.05. The summed E-state index contributed by atoms with van der Waals surface area (Å²) >= 11 is 0. The highest BCUT2D eigenvalue weighted by atomic mass is 19.4. The van der Waals surface area contributed by atoms with Crippen molar-refractivity contribution in [2.75, 3.05) is 0 Å². The average Bonchev–Trinajstić information content (AvgIpc) is 2.72. The highest BCUT2D eigenvalue weighted by Gasteiger charge is 2.36. The lowest BCUT2D eigenvalue weighted by atomic mass is 10.0. The van der Waals surface area contributed by atoms with Gasteiger partial charge in [0.15, 0.2) is 0 Å². The van der Waals surface area contributed by atoms with Gasteiger partial charge in [0.1, 0.15) is 17.3 Å². The zero-order chi connectivity index (χ0) is 27.5. The fraction of sp³-hybridized carbons (Fsp3) is 0.261. The van der Waals surface area contributed by atoms with E-state index in [1.165, 1.54) is 0 Å². The van der Waals surface area contributed by atoms with Crippen molar-refractivity contribution in [3.63, 3.8) is 0 Å². The second-order valence-electron chi connectivity index (χ2n) is 8.51. The first-order valence-electron chi connectivity index (χ1n) is 10.2. The van der Waals surface area contributed by atoms with E-state index in [1.54, 1.807) is 20.8 Å². The summed E-state index contributed by atoms with van der Waals surface area (Å²) in [6, 6.07) is 6.86. The van der Waals surface area contributed by atoms with E-state index in [9.17, 15) is 35.5 Å². The van der Waals surface area contributed by atoms with Crippen molar-refractivity contribution >= 4 is 23.3 Å². The minimum Gasteiger partial charge on any atom is -0.394 e. The lowest BCUT2D eigenvalue weighted by Crippen LogP contribution is -2.50. The molecule has 2 rings (SSSR count). The highest BCUT2D eigenvalue weighted by molar-refractivity contribution is 6.27. The van der Waals surface area contributed by atoms with Gasteiger partial charge in [-0.25, -0.2) is 4.39 Å². The molecule has 0 aliphatic carbocycles. The van der Waals surface area contributed by atoms with Crippen molar-refractivity contribution in [3.8, 4) is 0 Å². The molecule has 36 heavy (non-hydrogen) atoms. The van der Waals surface area contributed by atoms with Crippen molar-refractivity contribution in [1.82, 2.24) is 10.6 Å². The standard InChI is InChI=1S/C23H22F7N5O/c1-21(2,3)35-20(34-19(36)13-4-8-14(9-5-13)22(25,26)27)33-18(32)16(17(31)23(28,29)30)12-6-10-15(24)11-7-12/h4-11H,31H2,1-3H3,(H3,32,33,34,35,36)/b17-16-. The first kappa shape index (κ1) is 28.3. The van der Waals surface area contributed by atoms with E-state index in [2.05, 4.69) is 15.6 Å². The maximum atomic E-state index is 13.4. The van der Waals surface area contributed by atoms with E-state index in [1.807, 2.05) is 0 Å². The van der Waals surface area contributed by atoms with E-state index in [0.29, 0.717) is 12.1 Å². The molecule has 2 aromatic carbocycles. The monoisotopic (exact) mass is 517 g/mol. The molecule has 0 bridgehead atoms. The fourth-order valence-electron chi connectivity index (χ4n) is 2.78. The summed E-state index contributed by atoms with van der Waals surface area (Å²) in [5.41, 5.74) is 0.480. The van der Waals surface area contributed by atoms with Crippen LogP contribution in [0, 0.1) is 11.2 Å². The van der Waals surface area contributed by atoms with Crippen molar-refractivity contribution in [2.24, 2.45) is 10.7 Å². The lowest BCUT2D eigenvalue weighted by Gasteiger charge is -2.25. The summed E-state index contributed by atoms with van der Waals surface area (Å²) in [6.07, 6.45) is -9.68. The number of amidine groups is 1. The number of nitrogens with two attached hydrogens (primary N) is 1. The Hall–Kier alpha value is -3.90. The number of halogens is 7. The molecule has 0 saturated heterocycles. The molecular formula is C23H22F7N5O. The number of benzene rings is 2. The molecule has 0 heterocycles. The summed E-state index contributed by atoms with van der Waals surface area (Å²) in [7, 11) is 0. The van der Waals surface area contributed by atoms with Gasteiger partial charge in [-0.1, -0.05) is 12.1 Å². The van der Waals surface area contributed by atoms with E-state index >= 15 is 0 Å². The van der Waals surface area contributed by atoms with Crippen molar-refractivity contribution < 1.29 is 35.5 Å². The van der Waals surface area contributed by atoms with E-state index in [-0.39, 0.29) is 11.1 Å². The number of hydrogen-bond donors (Lipinski definition) is 4. The number of carbonyl (C=O) groups excluding carboxylic acids is 1. The second-order valence-corrected chi connectivity index (χ2v) is 8.51. The Kier molecular flexibility index (Phi) is 8.17. The number of alkyl halides is 6. The molecule has 194 valence electrons. The Bertz CT molecular complexity index is 1170. The van der Waals surface area contributed by atoms with Crippen molar-refractivity contribution in [3.05, 3.63) is 76.7 Å². The zero-order valence-electron chi connectivity index (χ0n) is 19.2. The van der Waals surface area contributed by atoms with E-state index in [4.69, 9.17) is 11.1 Å². The van der Waals surface area contributed by atoms with Crippen LogP contribution in [0.25, 0.3) is 5.57 Å².